The molecule has 0 aliphatic heterocycles. The van der Waals surface area contributed by atoms with Crippen LogP contribution in [0.1, 0.15) is 6.42 Å². The van der Waals surface area contributed by atoms with Gasteiger partial charge in [-0.05, 0) is 60.7 Å². The zero-order valence-electron chi connectivity index (χ0n) is 24.5. The number of fused-ring (bicyclic) bond motifs is 4. The number of hydrogen-bond acceptors (Lipinski definition) is 11. The summed E-state index contributed by atoms with van der Waals surface area (Å²) in [7, 11) is 0. The molecule has 6 rings (SSSR count). The Labute approximate surface area is 270 Å². The van der Waals surface area contributed by atoms with Gasteiger partial charge in [-0.2, -0.15) is 0 Å². The minimum absolute atomic E-state index is 0.0410. The van der Waals surface area contributed by atoms with Crippen molar-refractivity contribution in [1.82, 2.24) is 0 Å². The summed E-state index contributed by atoms with van der Waals surface area (Å²) in [5.41, 5.74) is -0.150. The SMILES string of the molecule is O=C(COc1ccc2sc3ccccc3c(=O)c2c1)OCCCOCCOC(=O)COc1ccc2sc3ccccc3c(=O)c2c1. The zero-order chi connectivity index (χ0) is 31.9. The third-order valence-electron chi connectivity index (χ3n) is 6.99. The first-order valence-electron chi connectivity index (χ1n) is 14.5. The number of esters is 2. The van der Waals surface area contributed by atoms with Gasteiger partial charge in [-0.1, -0.05) is 24.3 Å². The predicted molar refractivity (Wildman–Crippen MR) is 180 cm³/mol. The van der Waals surface area contributed by atoms with Gasteiger partial charge in [-0.25, -0.2) is 9.59 Å². The summed E-state index contributed by atoms with van der Waals surface area (Å²) >= 11 is 3.05. The van der Waals surface area contributed by atoms with Crippen LogP contribution in [0.5, 0.6) is 11.5 Å². The Morgan fingerprint density at radius 3 is 1.54 bits per heavy atom. The van der Waals surface area contributed by atoms with Crippen LogP contribution >= 0.6 is 22.7 Å². The summed E-state index contributed by atoms with van der Waals surface area (Å²) in [5.74, 6) is -0.281. The lowest BCUT2D eigenvalue weighted by molar-refractivity contribution is -0.148. The first-order chi connectivity index (χ1) is 22.5. The topological polar surface area (TPSA) is 114 Å². The molecular weight excluding hydrogens is 629 g/mol. The Morgan fingerprint density at radius 2 is 1.00 bits per heavy atom. The molecule has 4 aromatic carbocycles. The van der Waals surface area contributed by atoms with E-state index in [-0.39, 0.29) is 43.9 Å². The molecule has 0 unspecified atom stereocenters. The number of rotatable bonds is 13. The molecule has 0 radical (unpaired) electrons. The van der Waals surface area contributed by atoms with Crippen molar-refractivity contribution in [2.24, 2.45) is 0 Å². The van der Waals surface area contributed by atoms with Crippen molar-refractivity contribution in [2.45, 2.75) is 6.42 Å². The Bertz CT molecular complexity index is 2020. The van der Waals surface area contributed by atoms with E-state index in [1.165, 1.54) is 22.7 Å². The summed E-state index contributed by atoms with van der Waals surface area (Å²) in [5, 5.41) is 2.39. The summed E-state index contributed by atoms with van der Waals surface area (Å²) in [6.07, 6.45) is 0.451. The van der Waals surface area contributed by atoms with Crippen molar-refractivity contribution in [3.05, 3.63) is 105 Å². The average molecular weight is 657 g/mol. The highest BCUT2D eigenvalue weighted by Gasteiger charge is 2.11. The molecule has 0 amide bonds. The summed E-state index contributed by atoms with van der Waals surface area (Å²) in [6.45, 7) is 0.0669. The first-order valence-corrected chi connectivity index (χ1v) is 16.2. The van der Waals surface area contributed by atoms with Crippen molar-refractivity contribution in [3.8, 4) is 11.5 Å². The monoisotopic (exact) mass is 656 g/mol. The largest absolute Gasteiger partial charge is 0.482 e. The second-order valence-corrected chi connectivity index (χ2v) is 12.3. The molecule has 11 heteroatoms. The molecule has 0 atom stereocenters. The van der Waals surface area contributed by atoms with E-state index in [0.717, 1.165) is 18.8 Å². The van der Waals surface area contributed by atoms with E-state index < -0.39 is 11.9 Å². The predicted octanol–water partition coefficient (Wildman–Crippen LogP) is 6.09. The summed E-state index contributed by atoms with van der Waals surface area (Å²) < 4.78 is 30.4. The van der Waals surface area contributed by atoms with Gasteiger partial charge in [-0.3, -0.25) is 9.59 Å². The van der Waals surface area contributed by atoms with E-state index >= 15 is 0 Å². The third-order valence-corrected chi connectivity index (χ3v) is 9.30. The lowest BCUT2D eigenvalue weighted by Crippen LogP contribution is -2.18. The van der Waals surface area contributed by atoms with Gasteiger partial charge in [-0.15, -0.1) is 22.7 Å². The second-order valence-electron chi connectivity index (χ2n) is 10.2. The van der Waals surface area contributed by atoms with Gasteiger partial charge in [0.25, 0.3) is 0 Å². The number of carbonyl (C=O) groups excluding carboxylic acids is 2. The third kappa shape index (κ3) is 7.34. The van der Waals surface area contributed by atoms with Gasteiger partial charge in [0.1, 0.15) is 18.1 Å². The van der Waals surface area contributed by atoms with Crippen LogP contribution in [0.25, 0.3) is 40.3 Å². The fraction of sp³-hybridized carbons (Fsp3) is 0.200. The minimum atomic E-state index is -0.562. The lowest BCUT2D eigenvalue weighted by Gasteiger charge is -2.09. The maximum atomic E-state index is 12.8. The molecule has 0 fully saturated rings. The molecule has 0 bridgehead atoms. The van der Waals surface area contributed by atoms with E-state index in [0.29, 0.717) is 46.1 Å². The molecule has 6 aromatic rings. The van der Waals surface area contributed by atoms with E-state index in [4.69, 9.17) is 23.7 Å². The molecule has 234 valence electrons. The number of carbonyl (C=O) groups is 2. The fourth-order valence-corrected chi connectivity index (χ4v) is 6.88. The van der Waals surface area contributed by atoms with Crippen LogP contribution < -0.4 is 20.3 Å². The van der Waals surface area contributed by atoms with Gasteiger partial charge in [0, 0.05) is 53.4 Å². The molecule has 0 aliphatic carbocycles. The van der Waals surface area contributed by atoms with Crippen LogP contribution in [0.15, 0.2) is 94.5 Å². The first kappa shape index (κ1) is 31.2. The number of ether oxygens (including phenoxy) is 5. The second kappa shape index (κ2) is 14.5. The normalized spacial score (nSPS) is 11.2. The van der Waals surface area contributed by atoms with E-state index in [9.17, 15) is 19.2 Å². The van der Waals surface area contributed by atoms with Crippen LogP contribution in [0, 0.1) is 0 Å². The molecule has 0 aliphatic rings. The van der Waals surface area contributed by atoms with Gasteiger partial charge in [0.15, 0.2) is 24.1 Å². The van der Waals surface area contributed by atoms with Crippen molar-refractivity contribution >= 4 is 75.0 Å². The highest BCUT2D eigenvalue weighted by atomic mass is 32.1. The minimum Gasteiger partial charge on any atom is -0.482 e. The van der Waals surface area contributed by atoms with Crippen molar-refractivity contribution in [2.75, 3.05) is 39.6 Å². The molecular formula is C35H28O9S2. The summed E-state index contributed by atoms with van der Waals surface area (Å²) in [6, 6.07) is 25.2. The van der Waals surface area contributed by atoms with Gasteiger partial charge in [0.05, 0.1) is 13.2 Å². The van der Waals surface area contributed by atoms with Crippen LogP contribution in [-0.4, -0.2) is 51.6 Å². The Balaban J connectivity index is 0.849. The van der Waals surface area contributed by atoms with Crippen molar-refractivity contribution < 1.29 is 33.3 Å². The Kier molecular flexibility index (Phi) is 9.82. The standard InChI is InChI=1S/C35H28O9S2/c36-32(20-43-22-10-12-30-26(18-22)34(38)24-6-1-3-8-28(24)45-30)41-15-5-14-40-16-17-42-33(37)21-44-23-11-13-31-27(19-23)35(39)25-7-2-4-9-29(25)46-31/h1-4,6-13,18-19H,5,14-17,20-21H2. The van der Waals surface area contributed by atoms with E-state index in [1.807, 2.05) is 48.5 Å². The van der Waals surface area contributed by atoms with Gasteiger partial charge >= 0.3 is 11.9 Å². The van der Waals surface area contributed by atoms with Crippen LogP contribution in [0.3, 0.4) is 0 Å². The molecule has 9 nitrogen and oxygen atoms in total. The number of benzene rings is 4. The van der Waals surface area contributed by atoms with Crippen molar-refractivity contribution in [1.29, 1.82) is 0 Å². The molecule has 0 saturated heterocycles. The average Bonchev–Trinajstić information content (AvgIpc) is 3.08. The lowest BCUT2D eigenvalue weighted by atomic mass is 10.2. The van der Waals surface area contributed by atoms with Crippen LogP contribution in [-0.2, 0) is 23.8 Å². The van der Waals surface area contributed by atoms with Crippen LogP contribution in [0.2, 0.25) is 0 Å². The molecule has 0 N–H and O–H groups in total. The molecule has 46 heavy (non-hydrogen) atoms. The van der Waals surface area contributed by atoms with E-state index in [2.05, 4.69) is 0 Å². The van der Waals surface area contributed by atoms with Gasteiger partial charge < -0.3 is 23.7 Å². The molecule has 2 aromatic heterocycles. The number of hydrogen-bond donors (Lipinski definition) is 0. The van der Waals surface area contributed by atoms with Crippen LogP contribution in [0.4, 0.5) is 0 Å². The quantitative estimate of drug-likeness (QED) is 0.0827. The fourth-order valence-electron chi connectivity index (χ4n) is 4.78. The van der Waals surface area contributed by atoms with Gasteiger partial charge in [0.2, 0.25) is 0 Å². The molecule has 0 saturated carbocycles. The van der Waals surface area contributed by atoms with E-state index in [1.54, 1.807) is 36.4 Å². The highest BCUT2D eigenvalue weighted by molar-refractivity contribution is 7.24. The smallest absolute Gasteiger partial charge is 0.344 e. The Morgan fingerprint density at radius 1 is 0.522 bits per heavy atom. The maximum absolute atomic E-state index is 12.8. The Hall–Kier alpha value is -4.84. The highest BCUT2D eigenvalue weighted by Crippen LogP contribution is 2.28. The summed E-state index contributed by atoms with van der Waals surface area (Å²) in [4.78, 5) is 49.9. The zero-order valence-corrected chi connectivity index (χ0v) is 26.2. The molecule has 0 spiro atoms. The maximum Gasteiger partial charge on any atom is 0.344 e. The molecule has 2 heterocycles. The van der Waals surface area contributed by atoms with Crippen molar-refractivity contribution in [3.63, 3.8) is 0 Å².